The van der Waals surface area contributed by atoms with Gasteiger partial charge in [0, 0.05) is 18.3 Å². The van der Waals surface area contributed by atoms with Crippen LogP contribution < -0.4 is 10.2 Å². The summed E-state index contributed by atoms with van der Waals surface area (Å²) >= 11 is 0. The summed E-state index contributed by atoms with van der Waals surface area (Å²) in [5, 5.41) is 11.1. The minimum Gasteiger partial charge on any atom is -0.365 e. The van der Waals surface area contributed by atoms with Gasteiger partial charge >= 0.3 is 0 Å². The molecule has 1 aromatic heterocycles. The summed E-state index contributed by atoms with van der Waals surface area (Å²) in [4.78, 5) is 14.4. The molecule has 1 unspecified atom stereocenters. The zero-order chi connectivity index (χ0) is 18.7. The Hall–Kier alpha value is -2.48. The van der Waals surface area contributed by atoms with Crippen molar-refractivity contribution < 1.29 is 13.2 Å². The number of carbonyl (C=O) groups is 1. The van der Waals surface area contributed by atoms with E-state index in [1.54, 1.807) is 17.0 Å². The van der Waals surface area contributed by atoms with E-state index in [2.05, 4.69) is 15.5 Å². The summed E-state index contributed by atoms with van der Waals surface area (Å²) < 4.78 is 23.0. The molecule has 2 heterocycles. The monoisotopic (exact) mass is 374 g/mol. The molecule has 1 N–H and O–H groups in total. The smallest absolute Gasteiger partial charge is 0.278 e. The SMILES string of the molecule is CCN(C(=O)c1ccc(NC2CCS(=O)(=O)C2)nn1)c1cccc(C)c1. The summed E-state index contributed by atoms with van der Waals surface area (Å²) in [6.07, 6.45) is 0.557. The summed E-state index contributed by atoms with van der Waals surface area (Å²) in [6, 6.07) is 10.8. The molecule has 138 valence electrons. The molecular formula is C18H22N4O3S. The van der Waals surface area contributed by atoms with Crippen LogP contribution in [0.3, 0.4) is 0 Å². The molecule has 1 amide bonds. The highest BCUT2D eigenvalue weighted by atomic mass is 32.2. The van der Waals surface area contributed by atoms with Gasteiger partial charge in [0.05, 0.1) is 11.5 Å². The maximum atomic E-state index is 12.8. The fourth-order valence-electron chi connectivity index (χ4n) is 3.02. The summed E-state index contributed by atoms with van der Waals surface area (Å²) in [5.74, 6) is 0.547. The second-order valence-electron chi connectivity index (χ2n) is 6.44. The van der Waals surface area contributed by atoms with Gasteiger partial charge in [-0.3, -0.25) is 4.79 Å². The Labute approximate surface area is 153 Å². The van der Waals surface area contributed by atoms with E-state index in [9.17, 15) is 13.2 Å². The fraction of sp³-hybridized carbons (Fsp3) is 0.389. The zero-order valence-electron chi connectivity index (χ0n) is 14.8. The lowest BCUT2D eigenvalue weighted by Crippen LogP contribution is -2.31. The number of hydrogen-bond donors (Lipinski definition) is 1. The van der Waals surface area contributed by atoms with Crippen LogP contribution in [0, 0.1) is 6.92 Å². The number of hydrogen-bond acceptors (Lipinski definition) is 6. The standard InChI is InChI=1S/C18H22N4O3S/c1-3-22(15-6-4-5-13(2)11-15)18(23)16-7-8-17(21-20-16)19-14-9-10-26(24,25)12-14/h4-8,11,14H,3,9-10,12H2,1-2H3,(H,19,21). The highest BCUT2D eigenvalue weighted by Gasteiger charge is 2.28. The van der Waals surface area contributed by atoms with E-state index in [0.717, 1.165) is 11.3 Å². The lowest BCUT2D eigenvalue weighted by molar-refractivity contribution is 0.0982. The second-order valence-corrected chi connectivity index (χ2v) is 8.67. The zero-order valence-corrected chi connectivity index (χ0v) is 15.7. The predicted molar refractivity (Wildman–Crippen MR) is 101 cm³/mol. The molecule has 0 bridgehead atoms. The van der Waals surface area contributed by atoms with Gasteiger partial charge in [0.1, 0.15) is 5.82 Å². The first-order chi connectivity index (χ1) is 12.4. The van der Waals surface area contributed by atoms with E-state index < -0.39 is 9.84 Å². The maximum absolute atomic E-state index is 12.8. The number of aromatic nitrogens is 2. The van der Waals surface area contributed by atoms with E-state index in [0.29, 0.717) is 18.8 Å². The number of anilines is 2. The molecule has 1 atom stereocenters. The van der Waals surface area contributed by atoms with Gasteiger partial charge < -0.3 is 10.2 Å². The highest BCUT2D eigenvalue weighted by Crippen LogP contribution is 2.19. The number of benzene rings is 1. The third-order valence-corrected chi connectivity index (χ3v) is 6.11. The van der Waals surface area contributed by atoms with Crippen molar-refractivity contribution in [2.45, 2.75) is 26.3 Å². The average molecular weight is 374 g/mol. The Morgan fingerprint density at radius 3 is 2.65 bits per heavy atom. The molecule has 1 aliphatic rings. The lowest BCUT2D eigenvalue weighted by Gasteiger charge is -2.21. The molecule has 3 rings (SSSR count). The normalized spacial score (nSPS) is 18.5. The van der Waals surface area contributed by atoms with Crippen LogP contribution in [0.15, 0.2) is 36.4 Å². The van der Waals surface area contributed by atoms with Crippen LogP contribution in [0.1, 0.15) is 29.4 Å². The number of carbonyl (C=O) groups excluding carboxylic acids is 1. The van der Waals surface area contributed by atoms with Crippen LogP contribution in [0.4, 0.5) is 11.5 Å². The molecule has 1 fully saturated rings. The van der Waals surface area contributed by atoms with E-state index >= 15 is 0 Å². The molecule has 2 aromatic rings. The van der Waals surface area contributed by atoms with E-state index in [4.69, 9.17) is 0 Å². The topological polar surface area (TPSA) is 92.3 Å². The third kappa shape index (κ3) is 4.19. The van der Waals surface area contributed by atoms with E-state index in [1.807, 2.05) is 38.1 Å². The van der Waals surface area contributed by atoms with Gasteiger partial charge in [0.25, 0.3) is 5.91 Å². The molecule has 0 spiro atoms. The Balaban J connectivity index is 1.72. The van der Waals surface area contributed by atoms with Crippen molar-refractivity contribution in [3.63, 3.8) is 0 Å². The highest BCUT2D eigenvalue weighted by molar-refractivity contribution is 7.91. The van der Waals surface area contributed by atoms with Gasteiger partial charge in [-0.1, -0.05) is 12.1 Å². The summed E-state index contributed by atoms with van der Waals surface area (Å²) in [6.45, 7) is 4.40. The van der Waals surface area contributed by atoms with Gasteiger partial charge in [-0.15, -0.1) is 10.2 Å². The summed E-state index contributed by atoms with van der Waals surface area (Å²) in [7, 11) is -2.96. The van der Waals surface area contributed by atoms with Crippen LogP contribution in [-0.2, 0) is 9.84 Å². The number of amides is 1. The van der Waals surface area contributed by atoms with Crippen molar-refractivity contribution in [3.05, 3.63) is 47.7 Å². The number of sulfone groups is 1. The van der Waals surface area contributed by atoms with Crippen LogP contribution in [0.25, 0.3) is 0 Å². The molecule has 26 heavy (non-hydrogen) atoms. The predicted octanol–water partition coefficient (Wildman–Crippen LogP) is 2.05. The molecular weight excluding hydrogens is 352 g/mol. The molecule has 7 nitrogen and oxygen atoms in total. The minimum atomic E-state index is -2.96. The number of aryl methyl sites for hydroxylation is 1. The first-order valence-corrected chi connectivity index (χ1v) is 10.4. The Bertz CT molecular complexity index is 897. The van der Waals surface area contributed by atoms with Crippen molar-refractivity contribution in [1.82, 2.24) is 10.2 Å². The largest absolute Gasteiger partial charge is 0.365 e. The van der Waals surface area contributed by atoms with Gasteiger partial charge in [0.2, 0.25) is 0 Å². The molecule has 1 saturated heterocycles. The average Bonchev–Trinajstić information content (AvgIpc) is 2.95. The second kappa shape index (κ2) is 7.41. The Kier molecular flexibility index (Phi) is 5.22. The van der Waals surface area contributed by atoms with Crippen LogP contribution in [-0.4, -0.2) is 48.6 Å². The van der Waals surface area contributed by atoms with Gasteiger partial charge in [0.15, 0.2) is 15.5 Å². The lowest BCUT2D eigenvalue weighted by atomic mass is 10.2. The maximum Gasteiger partial charge on any atom is 0.278 e. The van der Waals surface area contributed by atoms with Crippen LogP contribution in [0.5, 0.6) is 0 Å². The van der Waals surface area contributed by atoms with Crippen LogP contribution >= 0.6 is 0 Å². The Morgan fingerprint density at radius 2 is 2.08 bits per heavy atom. The van der Waals surface area contributed by atoms with Crippen molar-refractivity contribution in [2.24, 2.45) is 0 Å². The molecule has 8 heteroatoms. The van der Waals surface area contributed by atoms with Gasteiger partial charge in [-0.05, 0) is 50.1 Å². The van der Waals surface area contributed by atoms with E-state index in [-0.39, 0.29) is 29.1 Å². The minimum absolute atomic E-state index is 0.104. The van der Waals surface area contributed by atoms with Gasteiger partial charge in [-0.25, -0.2) is 8.42 Å². The number of nitrogens with zero attached hydrogens (tertiary/aromatic N) is 3. The van der Waals surface area contributed by atoms with Crippen LogP contribution in [0.2, 0.25) is 0 Å². The van der Waals surface area contributed by atoms with Gasteiger partial charge in [-0.2, -0.15) is 0 Å². The molecule has 1 aliphatic heterocycles. The number of nitrogens with one attached hydrogen (secondary N) is 1. The summed E-state index contributed by atoms with van der Waals surface area (Å²) in [5.41, 5.74) is 2.14. The molecule has 0 saturated carbocycles. The molecule has 0 aliphatic carbocycles. The first-order valence-electron chi connectivity index (χ1n) is 8.57. The van der Waals surface area contributed by atoms with E-state index in [1.165, 1.54) is 0 Å². The van der Waals surface area contributed by atoms with Crippen molar-refractivity contribution in [3.8, 4) is 0 Å². The third-order valence-electron chi connectivity index (χ3n) is 4.34. The Morgan fingerprint density at radius 1 is 1.27 bits per heavy atom. The number of rotatable bonds is 5. The quantitative estimate of drug-likeness (QED) is 0.861. The van der Waals surface area contributed by atoms with Crippen molar-refractivity contribution >= 4 is 27.2 Å². The van der Waals surface area contributed by atoms with Crippen molar-refractivity contribution in [1.29, 1.82) is 0 Å². The first kappa shape index (κ1) is 18.3. The molecule has 1 aromatic carbocycles. The molecule has 0 radical (unpaired) electrons. The fourth-order valence-corrected chi connectivity index (χ4v) is 4.69. The van der Waals surface area contributed by atoms with Crippen molar-refractivity contribution in [2.75, 3.05) is 28.3 Å².